The maximum atomic E-state index is 11.5. The van der Waals surface area contributed by atoms with Gasteiger partial charge in [0.1, 0.15) is 5.82 Å². The number of nitrogens with two attached hydrogens (primary N) is 1. The van der Waals surface area contributed by atoms with Crippen molar-refractivity contribution in [1.29, 1.82) is 0 Å². The highest BCUT2D eigenvalue weighted by Crippen LogP contribution is 2.36. The third kappa shape index (κ3) is 4.16. The molecule has 4 aromatic heterocycles. The number of rotatable bonds is 7. The van der Waals surface area contributed by atoms with Crippen molar-refractivity contribution in [3.8, 4) is 22.6 Å². The fourth-order valence-corrected chi connectivity index (χ4v) is 4.51. The number of thiophene rings is 1. The van der Waals surface area contributed by atoms with Gasteiger partial charge < -0.3 is 16.3 Å². The summed E-state index contributed by atoms with van der Waals surface area (Å²) in [7, 11) is 0. The van der Waals surface area contributed by atoms with E-state index in [1.807, 2.05) is 29.6 Å². The van der Waals surface area contributed by atoms with Crippen LogP contribution in [-0.2, 0) is 6.42 Å². The number of nitrogens with zero attached hydrogens (tertiary/aromatic N) is 4. The number of nitrogens with one attached hydrogen (secondary N) is 2. The Kier molecular flexibility index (Phi) is 5.49. The topological polar surface area (TPSA) is 119 Å². The SMILES string of the molecule is N[C@H](CNc1nc(-c2cc[n+]([O-])cc2)nc2c(-c3ccn[nH]3)csc12)Cc1ccccc1. The van der Waals surface area contributed by atoms with Gasteiger partial charge >= 0.3 is 0 Å². The van der Waals surface area contributed by atoms with Crippen LogP contribution in [0.3, 0.4) is 0 Å². The fraction of sp³-hybridized carbons (Fsp3) is 0.130. The number of benzene rings is 1. The van der Waals surface area contributed by atoms with Gasteiger partial charge in [-0.05, 0) is 18.1 Å². The number of hydrogen-bond acceptors (Lipinski definition) is 7. The van der Waals surface area contributed by atoms with Gasteiger partial charge in [-0.1, -0.05) is 30.3 Å². The first-order valence-electron chi connectivity index (χ1n) is 10.2. The van der Waals surface area contributed by atoms with Crippen molar-refractivity contribution in [2.75, 3.05) is 11.9 Å². The van der Waals surface area contributed by atoms with Crippen molar-refractivity contribution in [3.63, 3.8) is 0 Å². The third-order valence-electron chi connectivity index (χ3n) is 5.14. The van der Waals surface area contributed by atoms with E-state index in [4.69, 9.17) is 15.7 Å². The van der Waals surface area contributed by atoms with Crippen LogP contribution in [0.25, 0.3) is 32.9 Å². The van der Waals surface area contributed by atoms with E-state index in [2.05, 4.69) is 27.6 Å². The van der Waals surface area contributed by atoms with Gasteiger partial charge in [-0.2, -0.15) is 9.83 Å². The van der Waals surface area contributed by atoms with Crippen LogP contribution in [-0.4, -0.2) is 32.8 Å². The second kappa shape index (κ2) is 8.74. The highest BCUT2D eigenvalue weighted by molar-refractivity contribution is 7.18. The summed E-state index contributed by atoms with van der Waals surface area (Å²) >= 11 is 1.57. The smallest absolute Gasteiger partial charge is 0.181 e. The number of aromatic amines is 1. The number of pyridine rings is 1. The first kappa shape index (κ1) is 20.1. The van der Waals surface area contributed by atoms with Gasteiger partial charge in [0.15, 0.2) is 18.2 Å². The first-order chi connectivity index (χ1) is 15.7. The predicted octanol–water partition coefficient (Wildman–Crippen LogP) is 3.36. The minimum atomic E-state index is -0.0750. The Balaban J connectivity index is 1.49. The summed E-state index contributed by atoms with van der Waals surface area (Å²) in [6, 6.07) is 15.4. The van der Waals surface area contributed by atoms with Crippen LogP contribution in [0.5, 0.6) is 0 Å². The van der Waals surface area contributed by atoms with Crippen LogP contribution in [0.2, 0.25) is 0 Å². The van der Waals surface area contributed by atoms with E-state index in [0.717, 1.165) is 44.0 Å². The summed E-state index contributed by atoms with van der Waals surface area (Å²) in [5.41, 5.74) is 11.0. The first-order valence-corrected chi connectivity index (χ1v) is 11.1. The lowest BCUT2D eigenvalue weighted by atomic mass is 10.1. The molecule has 0 aliphatic rings. The Bertz CT molecular complexity index is 1320. The van der Waals surface area contributed by atoms with Crippen LogP contribution in [0.4, 0.5) is 5.82 Å². The highest BCUT2D eigenvalue weighted by Gasteiger charge is 2.17. The van der Waals surface area contributed by atoms with E-state index in [1.165, 1.54) is 18.0 Å². The van der Waals surface area contributed by atoms with Crippen LogP contribution in [0, 0.1) is 5.21 Å². The minimum Gasteiger partial charge on any atom is -0.619 e. The molecule has 0 amide bonds. The number of anilines is 1. The normalized spacial score (nSPS) is 12.2. The van der Waals surface area contributed by atoms with E-state index in [9.17, 15) is 5.21 Å². The second-order valence-electron chi connectivity index (χ2n) is 7.47. The van der Waals surface area contributed by atoms with Gasteiger partial charge in [0.25, 0.3) is 0 Å². The molecule has 0 bridgehead atoms. The maximum Gasteiger partial charge on any atom is 0.181 e. The molecule has 0 spiro atoms. The van der Waals surface area contributed by atoms with Crippen molar-refractivity contribution in [1.82, 2.24) is 20.2 Å². The van der Waals surface area contributed by atoms with Crippen molar-refractivity contribution in [3.05, 3.63) is 83.3 Å². The highest BCUT2D eigenvalue weighted by atomic mass is 32.1. The summed E-state index contributed by atoms with van der Waals surface area (Å²) < 4.78 is 1.69. The maximum absolute atomic E-state index is 11.5. The molecule has 8 nitrogen and oxygen atoms in total. The molecule has 4 N–H and O–H groups in total. The molecule has 0 aliphatic heterocycles. The molecule has 0 fully saturated rings. The van der Waals surface area contributed by atoms with Gasteiger partial charge in [0.05, 0.1) is 15.9 Å². The Morgan fingerprint density at radius 3 is 2.66 bits per heavy atom. The molecule has 5 rings (SSSR count). The molecule has 0 aliphatic carbocycles. The van der Waals surface area contributed by atoms with Crippen molar-refractivity contribution in [2.24, 2.45) is 5.73 Å². The molecule has 5 aromatic rings. The molecule has 4 heterocycles. The summed E-state index contributed by atoms with van der Waals surface area (Å²) in [6.45, 7) is 0.563. The largest absolute Gasteiger partial charge is 0.619 e. The average Bonchev–Trinajstić information content (AvgIpc) is 3.48. The molecule has 0 radical (unpaired) electrons. The minimum absolute atomic E-state index is 0.0750. The number of fused-ring (bicyclic) bond motifs is 1. The lowest BCUT2D eigenvalue weighted by Gasteiger charge is -2.14. The van der Waals surface area contributed by atoms with Crippen LogP contribution < -0.4 is 15.8 Å². The predicted molar refractivity (Wildman–Crippen MR) is 126 cm³/mol. The summed E-state index contributed by atoms with van der Waals surface area (Å²) in [6.07, 6.45) is 5.36. The quantitative estimate of drug-likeness (QED) is 0.262. The Morgan fingerprint density at radius 1 is 1.09 bits per heavy atom. The van der Waals surface area contributed by atoms with E-state index < -0.39 is 0 Å². The van der Waals surface area contributed by atoms with E-state index >= 15 is 0 Å². The molecule has 1 aromatic carbocycles. The zero-order chi connectivity index (χ0) is 21.9. The standard InChI is InChI=1S/C23H21N7OS/c24-17(12-15-4-2-1-3-5-15)13-25-23-21-20(18(14-32-21)19-6-9-26-29-19)27-22(28-23)16-7-10-30(31)11-8-16/h1-11,14,17H,12-13,24H2,(H,26,29)(H,25,27,28)/t17-/m0/s1. The lowest BCUT2D eigenvalue weighted by Crippen LogP contribution is -2.31. The van der Waals surface area contributed by atoms with Crippen LogP contribution in [0.15, 0.2) is 72.5 Å². The van der Waals surface area contributed by atoms with E-state index in [1.54, 1.807) is 29.7 Å². The summed E-state index contributed by atoms with van der Waals surface area (Å²) in [4.78, 5) is 9.59. The van der Waals surface area contributed by atoms with Crippen LogP contribution >= 0.6 is 11.3 Å². The lowest BCUT2D eigenvalue weighted by molar-refractivity contribution is -0.605. The summed E-state index contributed by atoms with van der Waals surface area (Å²) in [5, 5.41) is 24.0. The van der Waals surface area contributed by atoms with Gasteiger partial charge in [0.2, 0.25) is 0 Å². The van der Waals surface area contributed by atoms with Crippen molar-refractivity contribution >= 4 is 27.4 Å². The molecule has 1 atom stereocenters. The molecule has 0 unspecified atom stereocenters. The Morgan fingerprint density at radius 2 is 1.91 bits per heavy atom. The number of aromatic nitrogens is 5. The fourth-order valence-electron chi connectivity index (χ4n) is 3.54. The molecule has 0 saturated heterocycles. The molecular weight excluding hydrogens is 422 g/mol. The van der Waals surface area contributed by atoms with E-state index in [0.29, 0.717) is 12.4 Å². The molecule has 160 valence electrons. The second-order valence-corrected chi connectivity index (χ2v) is 8.35. The monoisotopic (exact) mass is 443 g/mol. The van der Waals surface area contributed by atoms with E-state index in [-0.39, 0.29) is 6.04 Å². The van der Waals surface area contributed by atoms with Gasteiger partial charge in [-0.3, -0.25) is 5.10 Å². The van der Waals surface area contributed by atoms with Gasteiger partial charge in [-0.25, -0.2) is 9.97 Å². The number of hydrogen-bond donors (Lipinski definition) is 3. The van der Waals surface area contributed by atoms with Crippen LogP contribution in [0.1, 0.15) is 5.56 Å². The zero-order valence-electron chi connectivity index (χ0n) is 17.1. The third-order valence-corrected chi connectivity index (χ3v) is 6.11. The average molecular weight is 444 g/mol. The van der Waals surface area contributed by atoms with Crippen molar-refractivity contribution < 1.29 is 4.73 Å². The summed E-state index contributed by atoms with van der Waals surface area (Å²) in [5.74, 6) is 1.26. The molecule has 32 heavy (non-hydrogen) atoms. The zero-order valence-corrected chi connectivity index (χ0v) is 17.9. The molecular formula is C23H21N7OS. The Hall–Kier alpha value is -3.82. The van der Waals surface area contributed by atoms with Gasteiger partial charge in [-0.15, -0.1) is 11.3 Å². The molecule has 0 saturated carbocycles. The van der Waals surface area contributed by atoms with Crippen molar-refractivity contribution in [2.45, 2.75) is 12.5 Å². The molecule has 9 heteroatoms. The number of H-pyrrole nitrogens is 1. The Labute approximate surface area is 188 Å². The van der Waals surface area contributed by atoms with Gasteiger partial charge in [0, 0.05) is 47.4 Å².